The number of fused-ring (bicyclic) bond motifs is 2. The Morgan fingerprint density at radius 1 is 0.850 bits per heavy atom. The van der Waals surface area contributed by atoms with Crippen LogP contribution in [0.3, 0.4) is 0 Å². The zero-order chi connectivity index (χ0) is 13.4. The van der Waals surface area contributed by atoms with Crippen LogP contribution in [0.1, 0.15) is 5.56 Å². The van der Waals surface area contributed by atoms with E-state index in [4.69, 9.17) is 4.98 Å². The Morgan fingerprint density at radius 2 is 1.70 bits per heavy atom. The average molecular weight is 258 g/mol. The zero-order valence-corrected chi connectivity index (χ0v) is 11.0. The van der Waals surface area contributed by atoms with Gasteiger partial charge in [-0.25, -0.2) is 4.98 Å². The Balaban J connectivity index is 1.85. The Hall–Kier alpha value is -2.61. The molecule has 0 atom stereocenters. The third-order valence-electron chi connectivity index (χ3n) is 3.67. The Morgan fingerprint density at radius 3 is 2.70 bits per heavy atom. The van der Waals surface area contributed by atoms with E-state index in [1.54, 1.807) is 0 Å². The van der Waals surface area contributed by atoms with E-state index < -0.39 is 0 Å². The third kappa shape index (κ3) is 1.77. The van der Waals surface area contributed by atoms with Crippen molar-refractivity contribution in [2.75, 3.05) is 11.4 Å². The van der Waals surface area contributed by atoms with Crippen LogP contribution in [0.4, 0.5) is 11.5 Å². The summed E-state index contributed by atoms with van der Waals surface area (Å²) in [5, 5.41) is 1.18. The molecule has 0 N–H and O–H groups in total. The van der Waals surface area contributed by atoms with Gasteiger partial charge in [0.05, 0.1) is 5.52 Å². The second-order valence-corrected chi connectivity index (χ2v) is 4.93. The summed E-state index contributed by atoms with van der Waals surface area (Å²) >= 11 is 0. The van der Waals surface area contributed by atoms with Crippen LogP contribution in [0.25, 0.3) is 17.0 Å². The van der Waals surface area contributed by atoms with E-state index in [9.17, 15) is 0 Å². The average Bonchev–Trinajstić information content (AvgIpc) is 2.54. The molecule has 1 aliphatic heterocycles. The van der Waals surface area contributed by atoms with Crippen LogP contribution < -0.4 is 4.90 Å². The molecule has 0 radical (unpaired) electrons. The van der Waals surface area contributed by atoms with Crippen molar-refractivity contribution in [1.29, 1.82) is 0 Å². The Kier molecular flexibility index (Phi) is 2.52. The van der Waals surface area contributed by atoms with E-state index in [1.165, 1.54) is 16.6 Å². The highest BCUT2D eigenvalue weighted by molar-refractivity contribution is 5.83. The number of benzene rings is 2. The molecule has 0 aliphatic carbocycles. The number of aromatic nitrogens is 1. The molecule has 96 valence electrons. The van der Waals surface area contributed by atoms with Crippen LogP contribution in [-0.4, -0.2) is 11.5 Å². The van der Waals surface area contributed by atoms with Gasteiger partial charge >= 0.3 is 0 Å². The molecule has 0 saturated heterocycles. The van der Waals surface area contributed by atoms with E-state index in [1.807, 2.05) is 12.1 Å². The largest absolute Gasteiger partial charge is 0.322 e. The van der Waals surface area contributed by atoms with Crippen LogP contribution in [-0.2, 0) is 0 Å². The summed E-state index contributed by atoms with van der Waals surface area (Å²) < 4.78 is 0. The smallest absolute Gasteiger partial charge is 0.133 e. The van der Waals surface area contributed by atoms with Gasteiger partial charge in [0, 0.05) is 17.6 Å². The van der Waals surface area contributed by atoms with Crippen LogP contribution in [0.5, 0.6) is 0 Å². The van der Waals surface area contributed by atoms with Gasteiger partial charge in [0.2, 0.25) is 0 Å². The minimum Gasteiger partial charge on any atom is -0.322 e. The molecule has 1 aromatic heterocycles. The third-order valence-corrected chi connectivity index (χ3v) is 3.67. The topological polar surface area (TPSA) is 16.1 Å². The molecule has 0 bridgehead atoms. The van der Waals surface area contributed by atoms with E-state index in [0.29, 0.717) is 0 Å². The summed E-state index contributed by atoms with van der Waals surface area (Å²) in [6.45, 7) is 0.863. The molecule has 2 nitrogen and oxygen atoms in total. The first-order chi connectivity index (χ1) is 9.92. The number of hydrogen-bond acceptors (Lipinski definition) is 2. The van der Waals surface area contributed by atoms with Crippen molar-refractivity contribution in [1.82, 2.24) is 4.98 Å². The maximum absolute atomic E-state index is 4.79. The zero-order valence-electron chi connectivity index (χ0n) is 11.0. The molecule has 4 rings (SSSR count). The first-order valence-electron chi connectivity index (χ1n) is 6.81. The number of para-hydroxylation sites is 2. The van der Waals surface area contributed by atoms with E-state index in [0.717, 1.165) is 17.9 Å². The molecule has 3 aromatic rings. The van der Waals surface area contributed by atoms with Crippen molar-refractivity contribution >= 4 is 28.5 Å². The van der Waals surface area contributed by atoms with Gasteiger partial charge in [0.1, 0.15) is 5.82 Å². The van der Waals surface area contributed by atoms with Gasteiger partial charge in [-0.15, -0.1) is 0 Å². The highest BCUT2D eigenvalue weighted by atomic mass is 15.2. The molecular weight excluding hydrogens is 244 g/mol. The first kappa shape index (κ1) is 11.2. The maximum atomic E-state index is 4.79. The fraction of sp³-hybridized carbons (Fsp3) is 0.0556. The highest BCUT2D eigenvalue weighted by Crippen LogP contribution is 2.31. The lowest BCUT2D eigenvalue weighted by molar-refractivity contribution is 1.05. The molecule has 2 heterocycles. The predicted molar refractivity (Wildman–Crippen MR) is 84.2 cm³/mol. The molecule has 0 saturated carbocycles. The van der Waals surface area contributed by atoms with Crippen molar-refractivity contribution in [3.8, 4) is 0 Å². The van der Waals surface area contributed by atoms with Crippen LogP contribution >= 0.6 is 0 Å². The molecule has 0 fully saturated rings. The first-order valence-corrected chi connectivity index (χ1v) is 6.81. The van der Waals surface area contributed by atoms with E-state index in [-0.39, 0.29) is 0 Å². The van der Waals surface area contributed by atoms with Crippen molar-refractivity contribution < 1.29 is 0 Å². The Bertz CT molecular complexity index is 805. The van der Waals surface area contributed by atoms with Gasteiger partial charge in [-0.05, 0) is 29.8 Å². The lowest BCUT2D eigenvalue weighted by Crippen LogP contribution is -2.21. The number of rotatable bonds is 1. The number of anilines is 2. The van der Waals surface area contributed by atoms with Crippen molar-refractivity contribution in [2.24, 2.45) is 0 Å². The van der Waals surface area contributed by atoms with Crippen molar-refractivity contribution in [3.63, 3.8) is 0 Å². The van der Waals surface area contributed by atoms with E-state index >= 15 is 0 Å². The number of nitrogens with zero attached hydrogens (tertiary/aromatic N) is 2. The Labute approximate surface area is 118 Å². The summed E-state index contributed by atoms with van der Waals surface area (Å²) in [4.78, 5) is 7.04. The maximum Gasteiger partial charge on any atom is 0.133 e. The normalized spacial score (nSPS) is 13.5. The monoisotopic (exact) mass is 258 g/mol. The minimum atomic E-state index is 0.863. The molecule has 0 unspecified atom stereocenters. The van der Waals surface area contributed by atoms with Gasteiger partial charge in [0.25, 0.3) is 0 Å². The molecule has 0 amide bonds. The summed E-state index contributed by atoms with van der Waals surface area (Å²) in [5.41, 5.74) is 3.50. The minimum absolute atomic E-state index is 0.863. The van der Waals surface area contributed by atoms with Crippen molar-refractivity contribution in [2.45, 2.75) is 0 Å². The summed E-state index contributed by atoms with van der Waals surface area (Å²) in [6.07, 6.45) is 4.35. The number of pyridine rings is 1. The van der Waals surface area contributed by atoms with Gasteiger partial charge in [-0.2, -0.15) is 0 Å². The van der Waals surface area contributed by atoms with Gasteiger partial charge in [0.15, 0.2) is 0 Å². The lowest BCUT2D eigenvalue weighted by atomic mass is 10.1. The number of hydrogen-bond donors (Lipinski definition) is 0. The second kappa shape index (κ2) is 4.49. The van der Waals surface area contributed by atoms with E-state index in [2.05, 4.69) is 65.6 Å². The molecular formula is C18H14N2. The molecule has 20 heavy (non-hydrogen) atoms. The van der Waals surface area contributed by atoms with Crippen LogP contribution in [0, 0.1) is 0 Å². The molecule has 2 heteroatoms. The van der Waals surface area contributed by atoms with Gasteiger partial charge in [-0.1, -0.05) is 48.6 Å². The quantitative estimate of drug-likeness (QED) is 0.643. The van der Waals surface area contributed by atoms with Gasteiger partial charge < -0.3 is 4.90 Å². The SMILES string of the molecule is C1=Cc2ccccc2N(c2ccc3ccccc3n2)C1. The van der Waals surface area contributed by atoms with Crippen LogP contribution in [0.15, 0.2) is 66.7 Å². The van der Waals surface area contributed by atoms with Crippen molar-refractivity contribution in [3.05, 3.63) is 72.3 Å². The fourth-order valence-electron chi connectivity index (χ4n) is 2.68. The molecule has 2 aromatic carbocycles. The van der Waals surface area contributed by atoms with Crippen LogP contribution in [0.2, 0.25) is 0 Å². The summed E-state index contributed by atoms with van der Waals surface area (Å²) in [6, 6.07) is 20.9. The second-order valence-electron chi connectivity index (χ2n) is 4.93. The molecule has 1 aliphatic rings. The highest BCUT2D eigenvalue weighted by Gasteiger charge is 2.15. The van der Waals surface area contributed by atoms with Gasteiger partial charge in [-0.3, -0.25) is 0 Å². The lowest BCUT2D eigenvalue weighted by Gasteiger charge is -2.27. The summed E-state index contributed by atoms with van der Waals surface area (Å²) in [5.74, 6) is 1.00. The fourth-order valence-corrected chi connectivity index (χ4v) is 2.68. The summed E-state index contributed by atoms with van der Waals surface area (Å²) in [7, 11) is 0. The molecule has 0 spiro atoms. The standard InChI is InChI=1S/C18H14N2/c1-3-9-16-14(6-1)11-12-18(19-16)20-13-5-8-15-7-2-4-10-17(15)20/h1-12H,13H2. The predicted octanol–water partition coefficient (Wildman–Crippen LogP) is 4.40.